The molecule has 160 valence electrons. The first kappa shape index (κ1) is 20.5. The van der Waals surface area contributed by atoms with Crippen molar-refractivity contribution in [2.24, 2.45) is 0 Å². The quantitative estimate of drug-likeness (QED) is 0.540. The van der Waals surface area contributed by atoms with Crippen LogP contribution in [0.2, 0.25) is 0 Å². The summed E-state index contributed by atoms with van der Waals surface area (Å²) >= 11 is 0. The molecule has 7 heteroatoms. The Kier molecular flexibility index (Phi) is 6.69. The van der Waals surface area contributed by atoms with E-state index in [2.05, 4.69) is 10.4 Å². The minimum atomic E-state index is 0.114. The van der Waals surface area contributed by atoms with Crippen molar-refractivity contribution in [3.63, 3.8) is 0 Å². The van der Waals surface area contributed by atoms with Gasteiger partial charge in [0, 0.05) is 18.4 Å². The zero-order chi connectivity index (χ0) is 20.8. The van der Waals surface area contributed by atoms with Gasteiger partial charge < -0.3 is 19.9 Å². The third-order valence-electron chi connectivity index (χ3n) is 5.44. The number of ether oxygens (including phenoxy) is 2. The maximum Gasteiger partial charge on any atom is 0.222 e. The van der Waals surface area contributed by atoms with Crippen molar-refractivity contribution in [3.05, 3.63) is 42.1 Å². The Hall–Kier alpha value is -2.80. The number of nitrogens with one attached hydrogen (secondary N) is 1. The molecule has 0 radical (unpaired) electrons. The fourth-order valence-corrected chi connectivity index (χ4v) is 3.94. The van der Waals surface area contributed by atoms with E-state index in [-0.39, 0.29) is 12.7 Å². The summed E-state index contributed by atoms with van der Waals surface area (Å²) in [4.78, 5) is 4.76. The van der Waals surface area contributed by atoms with E-state index in [1.165, 1.54) is 19.3 Å². The molecule has 1 aromatic carbocycles. The minimum Gasteiger partial charge on any atom is -0.494 e. The second-order valence-corrected chi connectivity index (χ2v) is 7.63. The van der Waals surface area contributed by atoms with E-state index < -0.39 is 0 Å². The Labute approximate surface area is 177 Å². The van der Waals surface area contributed by atoms with Crippen LogP contribution in [-0.4, -0.2) is 39.0 Å². The third-order valence-corrected chi connectivity index (χ3v) is 5.44. The Morgan fingerprint density at radius 2 is 1.93 bits per heavy atom. The van der Waals surface area contributed by atoms with Crippen LogP contribution in [0.4, 0.5) is 11.5 Å². The molecule has 0 amide bonds. The minimum absolute atomic E-state index is 0.114. The molecule has 0 aliphatic heterocycles. The average molecular weight is 411 g/mol. The molecular weight excluding hydrogens is 380 g/mol. The van der Waals surface area contributed by atoms with Crippen molar-refractivity contribution in [2.45, 2.75) is 58.0 Å². The van der Waals surface area contributed by atoms with Gasteiger partial charge >= 0.3 is 0 Å². The number of fused-ring (bicyclic) bond motifs is 1. The van der Waals surface area contributed by atoms with Crippen LogP contribution in [0.3, 0.4) is 0 Å². The number of anilines is 2. The first-order chi connectivity index (χ1) is 14.8. The molecule has 7 nitrogen and oxygen atoms in total. The molecule has 30 heavy (non-hydrogen) atoms. The van der Waals surface area contributed by atoms with E-state index in [9.17, 15) is 5.11 Å². The van der Waals surface area contributed by atoms with Crippen LogP contribution in [0, 0.1) is 0 Å². The van der Waals surface area contributed by atoms with Crippen LogP contribution in [-0.2, 0) is 6.42 Å². The first-order valence-corrected chi connectivity index (χ1v) is 10.9. The molecular formula is C23H30N4O3. The Morgan fingerprint density at radius 1 is 1.13 bits per heavy atom. The van der Waals surface area contributed by atoms with Gasteiger partial charge in [0.25, 0.3) is 0 Å². The zero-order valence-electron chi connectivity index (χ0n) is 17.5. The van der Waals surface area contributed by atoms with Gasteiger partial charge in [0.15, 0.2) is 5.65 Å². The molecule has 1 aliphatic carbocycles. The standard InChI is InChI=1S/C23H30N4O3/c1-2-29-18-12-10-17(11-13-18)25-22-20(9-6-16-28)23(26-21-14-15-24-27(21)22)30-19-7-4-3-5-8-19/h10-15,19,25,28H,2-9,16H2,1H3. The van der Waals surface area contributed by atoms with Gasteiger partial charge in [-0.3, -0.25) is 0 Å². The third kappa shape index (κ3) is 4.67. The van der Waals surface area contributed by atoms with Gasteiger partial charge in [0.1, 0.15) is 17.7 Å². The monoisotopic (exact) mass is 410 g/mol. The van der Waals surface area contributed by atoms with Gasteiger partial charge in [0.05, 0.1) is 18.4 Å². The number of hydrogen-bond acceptors (Lipinski definition) is 6. The Balaban J connectivity index is 1.70. The van der Waals surface area contributed by atoms with E-state index in [0.29, 0.717) is 25.3 Å². The smallest absolute Gasteiger partial charge is 0.222 e. The van der Waals surface area contributed by atoms with E-state index in [4.69, 9.17) is 14.5 Å². The summed E-state index contributed by atoms with van der Waals surface area (Å²) in [6, 6.07) is 9.74. The maximum absolute atomic E-state index is 9.46. The lowest BCUT2D eigenvalue weighted by Crippen LogP contribution is -2.22. The molecule has 0 atom stereocenters. The largest absolute Gasteiger partial charge is 0.494 e. The molecule has 4 rings (SSSR count). The average Bonchev–Trinajstić information content (AvgIpc) is 3.24. The van der Waals surface area contributed by atoms with E-state index >= 15 is 0 Å². The molecule has 0 spiro atoms. The molecule has 1 aliphatic rings. The normalized spacial score (nSPS) is 14.7. The second-order valence-electron chi connectivity index (χ2n) is 7.63. The van der Waals surface area contributed by atoms with Gasteiger partial charge in [-0.25, -0.2) is 0 Å². The van der Waals surface area contributed by atoms with Gasteiger partial charge in [-0.15, -0.1) is 0 Å². The van der Waals surface area contributed by atoms with Crippen molar-refractivity contribution < 1.29 is 14.6 Å². The summed E-state index contributed by atoms with van der Waals surface area (Å²) < 4.78 is 13.7. The van der Waals surface area contributed by atoms with Crippen molar-refractivity contribution in [2.75, 3.05) is 18.5 Å². The van der Waals surface area contributed by atoms with Crippen molar-refractivity contribution >= 4 is 17.2 Å². The van der Waals surface area contributed by atoms with Gasteiger partial charge in [-0.05, 0) is 69.7 Å². The topological polar surface area (TPSA) is 80.9 Å². The SMILES string of the molecule is CCOc1ccc(Nc2c(CCCO)c(OC3CCCCC3)nc3ccnn23)cc1. The van der Waals surface area contributed by atoms with Crippen molar-refractivity contribution in [1.82, 2.24) is 14.6 Å². The van der Waals surface area contributed by atoms with Crippen LogP contribution in [0.15, 0.2) is 36.5 Å². The van der Waals surface area contributed by atoms with Gasteiger partial charge in [0.2, 0.25) is 5.88 Å². The number of nitrogens with zero attached hydrogens (tertiary/aromatic N) is 3. The maximum atomic E-state index is 9.46. The molecule has 0 bridgehead atoms. The molecule has 1 fully saturated rings. The fourth-order valence-electron chi connectivity index (χ4n) is 3.94. The van der Waals surface area contributed by atoms with Crippen LogP contribution in [0.1, 0.15) is 51.0 Å². The Morgan fingerprint density at radius 3 is 2.67 bits per heavy atom. The fraction of sp³-hybridized carbons (Fsp3) is 0.478. The summed E-state index contributed by atoms with van der Waals surface area (Å²) in [6.07, 6.45) is 9.02. The summed E-state index contributed by atoms with van der Waals surface area (Å²) in [5.41, 5.74) is 2.61. The number of hydrogen-bond donors (Lipinski definition) is 2. The molecule has 2 aromatic heterocycles. The molecule has 2 heterocycles. The van der Waals surface area contributed by atoms with Crippen molar-refractivity contribution in [1.29, 1.82) is 0 Å². The highest BCUT2D eigenvalue weighted by atomic mass is 16.5. The lowest BCUT2D eigenvalue weighted by atomic mass is 9.98. The predicted molar refractivity (Wildman–Crippen MR) is 117 cm³/mol. The van der Waals surface area contributed by atoms with Crippen molar-refractivity contribution in [3.8, 4) is 11.6 Å². The highest BCUT2D eigenvalue weighted by Gasteiger charge is 2.22. The number of aliphatic hydroxyl groups is 1. The van der Waals surface area contributed by atoms with E-state index in [0.717, 1.165) is 41.3 Å². The van der Waals surface area contributed by atoms with E-state index in [1.807, 2.05) is 37.3 Å². The Bertz CT molecular complexity index is 949. The van der Waals surface area contributed by atoms with Gasteiger partial charge in [-0.1, -0.05) is 6.42 Å². The molecule has 2 N–H and O–H groups in total. The number of aromatic nitrogens is 3. The molecule has 1 saturated carbocycles. The number of rotatable bonds is 9. The lowest BCUT2D eigenvalue weighted by Gasteiger charge is -2.25. The lowest BCUT2D eigenvalue weighted by molar-refractivity contribution is 0.147. The predicted octanol–water partition coefficient (Wildman–Crippen LogP) is 4.51. The molecule has 0 unspecified atom stereocenters. The first-order valence-electron chi connectivity index (χ1n) is 10.9. The summed E-state index contributed by atoms with van der Waals surface area (Å²) in [7, 11) is 0. The van der Waals surface area contributed by atoms with Crippen LogP contribution >= 0.6 is 0 Å². The van der Waals surface area contributed by atoms with Gasteiger partial charge in [-0.2, -0.15) is 14.6 Å². The van der Waals surface area contributed by atoms with Crippen LogP contribution in [0.5, 0.6) is 11.6 Å². The molecule has 0 saturated heterocycles. The summed E-state index contributed by atoms with van der Waals surface area (Å²) in [6.45, 7) is 2.72. The van der Waals surface area contributed by atoms with Crippen LogP contribution in [0.25, 0.3) is 5.65 Å². The number of aliphatic hydroxyl groups excluding tert-OH is 1. The number of benzene rings is 1. The van der Waals surface area contributed by atoms with E-state index in [1.54, 1.807) is 10.7 Å². The summed E-state index contributed by atoms with van der Waals surface area (Å²) in [5, 5.41) is 17.4. The molecule has 3 aromatic rings. The van der Waals surface area contributed by atoms with Crippen LogP contribution < -0.4 is 14.8 Å². The highest BCUT2D eigenvalue weighted by molar-refractivity contribution is 5.65. The zero-order valence-corrected chi connectivity index (χ0v) is 17.5. The second kappa shape index (κ2) is 9.80. The highest BCUT2D eigenvalue weighted by Crippen LogP contribution is 2.32. The summed E-state index contributed by atoms with van der Waals surface area (Å²) in [5.74, 6) is 2.31.